The standard InChI is InChI=1S/C11H17NO3P/c1-9-6-14-16(13,15-7-9)8-10-2-4-11(12)5-3-10/h2-5,9,13H,6-8,12H2,1H3. The van der Waals surface area contributed by atoms with Gasteiger partial charge in [0.1, 0.15) is 0 Å². The Morgan fingerprint density at radius 2 is 1.88 bits per heavy atom. The molecule has 1 heterocycles. The molecule has 0 aromatic heterocycles. The third-order valence-electron chi connectivity index (χ3n) is 2.48. The van der Waals surface area contributed by atoms with E-state index in [0.29, 0.717) is 31.0 Å². The van der Waals surface area contributed by atoms with Gasteiger partial charge in [0.25, 0.3) is 0 Å². The van der Waals surface area contributed by atoms with E-state index in [9.17, 15) is 4.89 Å². The molecule has 0 bridgehead atoms. The van der Waals surface area contributed by atoms with Gasteiger partial charge in [-0.3, -0.25) is 0 Å². The molecule has 1 aromatic rings. The topological polar surface area (TPSA) is 64.7 Å². The van der Waals surface area contributed by atoms with Gasteiger partial charge >= 0.3 is 0 Å². The quantitative estimate of drug-likeness (QED) is 0.616. The highest BCUT2D eigenvalue weighted by molar-refractivity contribution is 7.59. The van der Waals surface area contributed by atoms with Gasteiger partial charge in [0, 0.05) is 11.6 Å². The van der Waals surface area contributed by atoms with Crippen LogP contribution in [0, 0.1) is 5.92 Å². The van der Waals surface area contributed by atoms with Crippen molar-refractivity contribution in [3.05, 3.63) is 29.8 Å². The highest BCUT2D eigenvalue weighted by atomic mass is 31.2. The minimum absolute atomic E-state index is 0.353. The van der Waals surface area contributed by atoms with Crippen molar-refractivity contribution in [2.45, 2.75) is 13.1 Å². The summed E-state index contributed by atoms with van der Waals surface area (Å²) in [5.41, 5.74) is 7.30. The number of nitrogens with two attached hydrogens (primary N) is 1. The summed E-state index contributed by atoms with van der Waals surface area (Å²) in [6.07, 6.45) is 0.431. The molecule has 89 valence electrons. The van der Waals surface area contributed by atoms with Crippen LogP contribution in [-0.2, 0) is 15.2 Å². The van der Waals surface area contributed by atoms with Crippen LogP contribution in [0.1, 0.15) is 12.5 Å². The molecular formula is C11H17NO3P. The third-order valence-corrected chi connectivity index (χ3v) is 4.35. The van der Waals surface area contributed by atoms with Crippen LogP contribution in [-0.4, -0.2) is 18.1 Å². The molecule has 1 aromatic carbocycles. The fourth-order valence-electron chi connectivity index (χ4n) is 1.52. The van der Waals surface area contributed by atoms with Gasteiger partial charge in [-0.25, -0.2) is 0 Å². The number of nitrogen functional groups attached to an aromatic ring is 1. The number of hydrogen-bond donors (Lipinski definition) is 2. The third kappa shape index (κ3) is 2.92. The summed E-state index contributed by atoms with van der Waals surface area (Å²) in [5.74, 6) is 0.353. The van der Waals surface area contributed by atoms with Crippen molar-refractivity contribution in [3.8, 4) is 0 Å². The van der Waals surface area contributed by atoms with E-state index in [1.54, 1.807) is 0 Å². The lowest BCUT2D eigenvalue weighted by atomic mass is 10.2. The molecule has 16 heavy (non-hydrogen) atoms. The Bertz CT molecular complexity index is 347. The Balaban J connectivity index is 2.00. The molecule has 0 spiro atoms. The van der Waals surface area contributed by atoms with Crippen molar-refractivity contribution in [3.63, 3.8) is 0 Å². The van der Waals surface area contributed by atoms with E-state index in [1.165, 1.54) is 0 Å². The Morgan fingerprint density at radius 1 is 1.31 bits per heavy atom. The Kier molecular flexibility index (Phi) is 3.45. The van der Waals surface area contributed by atoms with Crippen LogP contribution in [0.5, 0.6) is 0 Å². The summed E-state index contributed by atoms with van der Waals surface area (Å²) >= 11 is 0. The Labute approximate surface area is 96.0 Å². The monoisotopic (exact) mass is 242 g/mol. The molecule has 0 saturated carbocycles. The second-order valence-electron chi connectivity index (χ2n) is 4.23. The van der Waals surface area contributed by atoms with Gasteiger partial charge in [-0.1, -0.05) is 19.1 Å². The van der Waals surface area contributed by atoms with E-state index < -0.39 is 7.94 Å². The summed E-state index contributed by atoms with van der Waals surface area (Å²) < 4.78 is 10.9. The maximum Gasteiger partial charge on any atom is 0.235 e. The molecule has 1 saturated heterocycles. The van der Waals surface area contributed by atoms with Gasteiger partial charge < -0.3 is 19.7 Å². The Morgan fingerprint density at radius 3 is 2.44 bits per heavy atom. The average molecular weight is 242 g/mol. The van der Waals surface area contributed by atoms with Crippen LogP contribution in [0.4, 0.5) is 5.69 Å². The van der Waals surface area contributed by atoms with Crippen LogP contribution in [0.25, 0.3) is 0 Å². The lowest BCUT2D eigenvalue weighted by molar-refractivity contribution is 0.0798. The first-order valence-corrected chi connectivity index (χ1v) is 7.08. The molecule has 0 atom stereocenters. The predicted molar refractivity (Wildman–Crippen MR) is 64.8 cm³/mol. The SMILES string of the molecule is CC1CO[P](O)(Cc2ccc(N)cc2)OC1. The molecule has 2 rings (SSSR count). The lowest BCUT2D eigenvalue weighted by Gasteiger charge is -2.35. The number of hydrogen-bond acceptors (Lipinski definition) is 4. The summed E-state index contributed by atoms with van der Waals surface area (Å²) in [6.45, 7) is 3.17. The van der Waals surface area contributed by atoms with Crippen LogP contribution in [0.2, 0.25) is 0 Å². The zero-order valence-electron chi connectivity index (χ0n) is 9.30. The second kappa shape index (κ2) is 4.68. The van der Waals surface area contributed by atoms with Crippen LogP contribution >= 0.6 is 7.94 Å². The molecule has 3 N–H and O–H groups in total. The van der Waals surface area contributed by atoms with E-state index >= 15 is 0 Å². The van der Waals surface area contributed by atoms with Crippen LogP contribution < -0.4 is 5.73 Å². The van der Waals surface area contributed by atoms with E-state index in [2.05, 4.69) is 0 Å². The molecule has 1 fully saturated rings. The van der Waals surface area contributed by atoms with Crippen LogP contribution in [0.15, 0.2) is 24.3 Å². The molecule has 0 amide bonds. The maximum absolute atomic E-state index is 10.1. The molecule has 0 aliphatic carbocycles. The molecule has 5 heteroatoms. The summed E-state index contributed by atoms with van der Waals surface area (Å²) in [5, 5.41) is 0. The zero-order chi connectivity index (χ0) is 11.6. The maximum atomic E-state index is 10.1. The minimum atomic E-state index is -2.68. The first kappa shape index (κ1) is 11.8. The van der Waals surface area contributed by atoms with Crippen LogP contribution in [0.3, 0.4) is 0 Å². The van der Waals surface area contributed by atoms with Crippen molar-refractivity contribution in [2.24, 2.45) is 5.92 Å². The fraction of sp³-hybridized carbons (Fsp3) is 0.455. The average Bonchev–Trinajstić information content (AvgIpc) is 2.27. The first-order chi connectivity index (χ1) is 7.57. The second-order valence-corrected chi connectivity index (χ2v) is 6.34. The molecule has 1 radical (unpaired) electrons. The fourth-order valence-corrected chi connectivity index (χ4v) is 3.42. The summed E-state index contributed by atoms with van der Waals surface area (Å²) in [7, 11) is -2.68. The van der Waals surface area contributed by atoms with E-state index in [-0.39, 0.29) is 0 Å². The number of benzene rings is 1. The molecule has 1 aliphatic rings. The van der Waals surface area contributed by atoms with Gasteiger partial charge in [-0.2, -0.15) is 0 Å². The zero-order valence-corrected chi connectivity index (χ0v) is 10.2. The van der Waals surface area contributed by atoms with Crippen molar-refractivity contribution >= 4 is 13.6 Å². The number of anilines is 1. The highest BCUT2D eigenvalue weighted by Gasteiger charge is 2.33. The molecular weight excluding hydrogens is 225 g/mol. The lowest BCUT2D eigenvalue weighted by Crippen LogP contribution is -2.22. The van der Waals surface area contributed by atoms with Crippen molar-refractivity contribution < 1.29 is 13.9 Å². The highest BCUT2D eigenvalue weighted by Crippen LogP contribution is 2.61. The Hall–Kier alpha value is -0.670. The molecule has 0 unspecified atom stereocenters. The number of rotatable bonds is 2. The largest absolute Gasteiger partial charge is 0.399 e. The summed E-state index contributed by atoms with van der Waals surface area (Å²) in [6, 6.07) is 7.40. The van der Waals surface area contributed by atoms with Gasteiger partial charge in [-0.15, -0.1) is 0 Å². The van der Waals surface area contributed by atoms with Gasteiger partial charge in [0.2, 0.25) is 7.94 Å². The van der Waals surface area contributed by atoms with Gasteiger partial charge in [0.05, 0.1) is 19.4 Å². The summed E-state index contributed by atoms with van der Waals surface area (Å²) in [4.78, 5) is 10.1. The van der Waals surface area contributed by atoms with E-state index in [1.807, 2.05) is 31.2 Å². The van der Waals surface area contributed by atoms with Gasteiger partial charge in [-0.05, 0) is 17.7 Å². The molecule has 1 aliphatic heterocycles. The minimum Gasteiger partial charge on any atom is -0.399 e. The smallest absolute Gasteiger partial charge is 0.235 e. The van der Waals surface area contributed by atoms with Crippen molar-refractivity contribution in [2.75, 3.05) is 18.9 Å². The normalized spacial score (nSPS) is 30.2. The van der Waals surface area contributed by atoms with Crippen molar-refractivity contribution in [1.29, 1.82) is 0 Å². The molecule has 4 nitrogen and oxygen atoms in total. The first-order valence-electron chi connectivity index (χ1n) is 5.32. The van der Waals surface area contributed by atoms with E-state index in [0.717, 1.165) is 5.56 Å². The predicted octanol–water partition coefficient (Wildman–Crippen LogP) is 2.21. The van der Waals surface area contributed by atoms with Gasteiger partial charge in [0.15, 0.2) is 0 Å². The van der Waals surface area contributed by atoms with Crippen molar-refractivity contribution in [1.82, 2.24) is 0 Å². The van der Waals surface area contributed by atoms with E-state index in [4.69, 9.17) is 14.8 Å².